The Bertz CT molecular complexity index is 494. The number of hydrazine groups is 1. The molecule has 0 aliphatic carbocycles. The van der Waals surface area contributed by atoms with Gasteiger partial charge in [-0.1, -0.05) is 6.07 Å². The average molecular weight is 260 g/mol. The summed E-state index contributed by atoms with van der Waals surface area (Å²) in [5.41, 5.74) is 3.21. The summed E-state index contributed by atoms with van der Waals surface area (Å²) in [5, 5.41) is 1.77. The normalized spacial score (nSPS) is 20.6. The Hall–Kier alpha value is -1.43. The molecule has 2 aliphatic heterocycles. The zero-order chi connectivity index (χ0) is 13.4. The fourth-order valence-corrected chi connectivity index (χ4v) is 2.75. The predicted molar refractivity (Wildman–Crippen MR) is 73.3 cm³/mol. The lowest BCUT2D eigenvalue weighted by Crippen LogP contribution is -2.47. The highest BCUT2D eigenvalue weighted by molar-refractivity contribution is 5.94. The molecule has 0 unspecified atom stereocenters. The highest BCUT2D eigenvalue weighted by Gasteiger charge is 2.22. The summed E-state index contributed by atoms with van der Waals surface area (Å²) in [5.74, 6) is 5.95. The number of carbonyl (C=O) groups is 1. The molecule has 5 nitrogen and oxygen atoms in total. The van der Waals surface area contributed by atoms with E-state index in [1.165, 1.54) is 11.1 Å². The first-order valence-corrected chi connectivity index (χ1v) is 6.73. The maximum atomic E-state index is 12.5. The Labute approximate surface area is 113 Å². The third-order valence-corrected chi connectivity index (χ3v) is 3.99. The van der Waals surface area contributed by atoms with Gasteiger partial charge in [-0.3, -0.25) is 10.6 Å². The fourth-order valence-electron chi connectivity index (χ4n) is 2.75. The Morgan fingerprint density at radius 3 is 2.53 bits per heavy atom. The molecule has 1 aromatic rings. The lowest BCUT2D eigenvalue weighted by molar-refractivity contribution is 0.0664. The van der Waals surface area contributed by atoms with E-state index in [1.807, 2.05) is 23.1 Å². The van der Waals surface area contributed by atoms with E-state index in [9.17, 15) is 4.79 Å². The SMILES string of the molecule is CN1CCN(C(=O)c2ccc3c(c2)CN(N)C3)CC1. The van der Waals surface area contributed by atoms with Crippen molar-refractivity contribution in [3.05, 3.63) is 34.9 Å². The summed E-state index contributed by atoms with van der Waals surface area (Å²) in [6.07, 6.45) is 0. The van der Waals surface area contributed by atoms with E-state index in [-0.39, 0.29) is 5.91 Å². The molecule has 1 fully saturated rings. The van der Waals surface area contributed by atoms with E-state index in [2.05, 4.69) is 11.9 Å². The molecule has 1 saturated heterocycles. The second kappa shape index (κ2) is 4.92. The van der Waals surface area contributed by atoms with Crippen LogP contribution in [0.15, 0.2) is 18.2 Å². The van der Waals surface area contributed by atoms with E-state index >= 15 is 0 Å². The van der Waals surface area contributed by atoms with Crippen molar-refractivity contribution < 1.29 is 4.79 Å². The second-order valence-corrected chi connectivity index (χ2v) is 5.48. The number of fused-ring (bicyclic) bond motifs is 1. The van der Waals surface area contributed by atoms with E-state index in [0.29, 0.717) is 0 Å². The van der Waals surface area contributed by atoms with Gasteiger partial charge in [0.1, 0.15) is 0 Å². The Morgan fingerprint density at radius 1 is 1.11 bits per heavy atom. The van der Waals surface area contributed by atoms with Crippen LogP contribution in [0, 0.1) is 0 Å². The minimum absolute atomic E-state index is 0.145. The Balaban J connectivity index is 1.76. The fraction of sp³-hybridized carbons (Fsp3) is 0.500. The summed E-state index contributed by atoms with van der Waals surface area (Å²) in [6.45, 7) is 5.04. The quantitative estimate of drug-likeness (QED) is 0.736. The standard InChI is InChI=1S/C14H20N4O/c1-16-4-6-17(7-5-16)14(19)11-2-3-12-9-18(15)10-13(12)8-11/h2-3,8H,4-7,9-10,15H2,1H3. The molecule has 1 aromatic carbocycles. The van der Waals surface area contributed by atoms with E-state index in [1.54, 1.807) is 5.01 Å². The van der Waals surface area contributed by atoms with Crippen molar-refractivity contribution in [1.29, 1.82) is 0 Å². The molecule has 0 spiro atoms. The van der Waals surface area contributed by atoms with Gasteiger partial charge in [0.05, 0.1) is 0 Å². The van der Waals surface area contributed by atoms with Gasteiger partial charge in [0.15, 0.2) is 0 Å². The molecule has 2 aliphatic rings. The molecule has 19 heavy (non-hydrogen) atoms. The molecule has 1 amide bonds. The summed E-state index contributed by atoms with van der Waals surface area (Å²) in [4.78, 5) is 16.6. The monoisotopic (exact) mass is 260 g/mol. The first-order chi connectivity index (χ1) is 9.13. The number of nitrogens with zero attached hydrogens (tertiary/aromatic N) is 3. The van der Waals surface area contributed by atoms with Crippen LogP contribution in [-0.4, -0.2) is 53.9 Å². The molecule has 102 valence electrons. The zero-order valence-electron chi connectivity index (χ0n) is 11.3. The van der Waals surface area contributed by atoms with Crippen LogP contribution in [0.3, 0.4) is 0 Å². The lowest BCUT2D eigenvalue weighted by atomic mass is 10.1. The first kappa shape index (κ1) is 12.6. The van der Waals surface area contributed by atoms with Gasteiger partial charge < -0.3 is 9.80 Å². The Morgan fingerprint density at radius 2 is 1.79 bits per heavy atom. The van der Waals surface area contributed by atoms with Crippen molar-refractivity contribution in [3.8, 4) is 0 Å². The molecule has 2 heterocycles. The summed E-state index contributed by atoms with van der Waals surface area (Å²) < 4.78 is 0. The van der Waals surface area contributed by atoms with Crippen molar-refractivity contribution in [2.75, 3.05) is 33.2 Å². The highest BCUT2D eigenvalue weighted by Crippen LogP contribution is 2.22. The smallest absolute Gasteiger partial charge is 0.253 e. The van der Waals surface area contributed by atoms with Crippen LogP contribution in [0.5, 0.6) is 0 Å². The third-order valence-electron chi connectivity index (χ3n) is 3.99. The maximum absolute atomic E-state index is 12.5. The number of hydrogen-bond acceptors (Lipinski definition) is 4. The summed E-state index contributed by atoms with van der Waals surface area (Å²) in [7, 11) is 2.09. The zero-order valence-corrected chi connectivity index (χ0v) is 11.3. The largest absolute Gasteiger partial charge is 0.336 e. The van der Waals surface area contributed by atoms with Gasteiger partial charge in [-0.2, -0.15) is 0 Å². The minimum Gasteiger partial charge on any atom is -0.336 e. The average Bonchev–Trinajstić information content (AvgIpc) is 2.77. The molecule has 3 rings (SSSR count). The number of piperazine rings is 1. The van der Waals surface area contributed by atoms with Gasteiger partial charge in [0.25, 0.3) is 5.91 Å². The molecule has 0 aromatic heterocycles. The molecule has 0 atom stereocenters. The van der Waals surface area contributed by atoms with Crippen molar-refractivity contribution in [2.45, 2.75) is 13.1 Å². The van der Waals surface area contributed by atoms with Gasteiger partial charge in [-0.05, 0) is 30.3 Å². The van der Waals surface area contributed by atoms with Crippen LogP contribution in [-0.2, 0) is 13.1 Å². The number of amides is 1. The van der Waals surface area contributed by atoms with E-state index in [0.717, 1.165) is 44.8 Å². The summed E-state index contributed by atoms with van der Waals surface area (Å²) in [6, 6.07) is 5.97. The molecular formula is C14H20N4O. The number of nitrogens with two attached hydrogens (primary N) is 1. The maximum Gasteiger partial charge on any atom is 0.253 e. The van der Waals surface area contributed by atoms with Gasteiger partial charge >= 0.3 is 0 Å². The van der Waals surface area contributed by atoms with Gasteiger partial charge in [0, 0.05) is 44.8 Å². The van der Waals surface area contributed by atoms with Gasteiger partial charge in [-0.25, -0.2) is 5.01 Å². The van der Waals surface area contributed by atoms with Crippen LogP contribution < -0.4 is 5.84 Å². The molecule has 0 saturated carbocycles. The second-order valence-electron chi connectivity index (χ2n) is 5.48. The molecule has 5 heteroatoms. The molecule has 0 bridgehead atoms. The minimum atomic E-state index is 0.145. The van der Waals surface area contributed by atoms with Crippen molar-refractivity contribution in [1.82, 2.24) is 14.8 Å². The predicted octanol–water partition coefficient (Wildman–Crippen LogP) is 0.264. The van der Waals surface area contributed by atoms with Crippen LogP contribution in [0.2, 0.25) is 0 Å². The topological polar surface area (TPSA) is 52.8 Å². The third kappa shape index (κ3) is 2.49. The van der Waals surface area contributed by atoms with Crippen molar-refractivity contribution in [3.63, 3.8) is 0 Å². The lowest BCUT2D eigenvalue weighted by Gasteiger charge is -2.32. The van der Waals surface area contributed by atoms with Gasteiger partial charge in [0.2, 0.25) is 0 Å². The Kier molecular flexibility index (Phi) is 3.26. The van der Waals surface area contributed by atoms with Crippen LogP contribution >= 0.6 is 0 Å². The number of hydrogen-bond donors (Lipinski definition) is 1. The van der Waals surface area contributed by atoms with Crippen LogP contribution in [0.1, 0.15) is 21.5 Å². The number of benzene rings is 1. The van der Waals surface area contributed by atoms with Gasteiger partial charge in [-0.15, -0.1) is 0 Å². The van der Waals surface area contributed by atoms with E-state index in [4.69, 9.17) is 5.84 Å². The number of carbonyl (C=O) groups excluding carboxylic acids is 1. The van der Waals surface area contributed by atoms with Crippen molar-refractivity contribution in [2.24, 2.45) is 5.84 Å². The highest BCUT2D eigenvalue weighted by atomic mass is 16.2. The number of rotatable bonds is 1. The van der Waals surface area contributed by atoms with Crippen LogP contribution in [0.4, 0.5) is 0 Å². The molecular weight excluding hydrogens is 240 g/mol. The van der Waals surface area contributed by atoms with E-state index < -0.39 is 0 Å². The van der Waals surface area contributed by atoms with Crippen molar-refractivity contribution >= 4 is 5.91 Å². The molecule has 2 N–H and O–H groups in total. The first-order valence-electron chi connectivity index (χ1n) is 6.73. The summed E-state index contributed by atoms with van der Waals surface area (Å²) >= 11 is 0. The van der Waals surface area contributed by atoms with Crippen LogP contribution in [0.25, 0.3) is 0 Å². The molecule has 0 radical (unpaired) electrons. The number of likely N-dealkylation sites (N-methyl/N-ethyl adjacent to an activating group) is 1.